The van der Waals surface area contributed by atoms with E-state index in [-0.39, 0.29) is 11.4 Å². The summed E-state index contributed by atoms with van der Waals surface area (Å²) in [6.45, 7) is 0. The molecule has 3 aromatic carbocycles. The molecule has 0 saturated heterocycles. The number of nitrogens with zero attached hydrogens (tertiary/aromatic N) is 1. The molecule has 0 unspecified atom stereocenters. The van der Waals surface area contributed by atoms with Crippen molar-refractivity contribution in [1.82, 2.24) is 4.98 Å². The molecule has 4 heteroatoms. The number of aromatic nitrogens is 1. The van der Waals surface area contributed by atoms with E-state index >= 15 is 0 Å². The van der Waals surface area contributed by atoms with Gasteiger partial charge in [-0.1, -0.05) is 30.3 Å². The number of aromatic carboxylic acids is 1. The van der Waals surface area contributed by atoms with E-state index < -0.39 is 5.97 Å². The lowest BCUT2D eigenvalue weighted by atomic mass is 10.00. The highest BCUT2D eigenvalue weighted by Gasteiger charge is 2.06. The Morgan fingerprint density at radius 3 is 2.23 bits per heavy atom. The van der Waals surface area contributed by atoms with Crippen LogP contribution in [0.25, 0.3) is 33.2 Å². The summed E-state index contributed by atoms with van der Waals surface area (Å²) in [4.78, 5) is 15.4. The minimum Gasteiger partial charge on any atom is -0.478 e. The number of carboxylic acid groups (broad SMARTS) is 1. The summed E-state index contributed by atoms with van der Waals surface area (Å²) in [6.07, 6.45) is 1.73. The van der Waals surface area contributed by atoms with Gasteiger partial charge in [-0.2, -0.15) is 0 Å². The zero-order chi connectivity index (χ0) is 18.1. The molecular weight excluding hydrogens is 329 g/mol. The van der Waals surface area contributed by atoms with E-state index in [1.54, 1.807) is 36.5 Å². The first-order valence-electron chi connectivity index (χ1n) is 8.10. The topological polar surface area (TPSA) is 50.2 Å². The Morgan fingerprint density at radius 2 is 1.50 bits per heavy atom. The van der Waals surface area contributed by atoms with Crippen LogP contribution in [0.2, 0.25) is 0 Å². The van der Waals surface area contributed by atoms with Gasteiger partial charge in [0.25, 0.3) is 0 Å². The quantitative estimate of drug-likeness (QED) is 0.541. The highest BCUT2D eigenvalue weighted by atomic mass is 19.1. The summed E-state index contributed by atoms with van der Waals surface area (Å²) in [5.74, 6) is -1.23. The van der Waals surface area contributed by atoms with Crippen molar-refractivity contribution in [2.24, 2.45) is 0 Å². The van der Waals surface area contributed by atoms with Crippen molar-refractivity contribution >= 4 is 16.9 Å². The molecule has 1 N–H and O–H groups in total. The third-order valence-electron chi connectivity index (χ3n) is 4.30. The largest absolute Gasteiger partial charge is 0.478 e. The number of hydrogen-bond acceptors (Lipinski definition) is 2. The van der Waals surface area contributed by atoms with E-state index in [4.69, 9.17) is 5.11 Å². The fourth-order valence-electron chi connectivity index (χ4n) is 2.94. The van der Waals surface area contributed by atoms with Crippen molar-refractivity contribution in [1.29, 1.82) is 0 Å². The monoisotopic (exact) mass is 343 g/mol. The first kappa shape index (κ1) is 16.0. The standard InChI is InChI=1S/C22H14FNO2/c23-20-3-1-2-16(12-20)19-11-18-10-17(8-9-21(18)24-13-19)14-4-6-15(7-5-14)22(25)26/h1-13H,(H,25,26). The molecule has 3 nitrogen and oxygen atoms in total. The van der Waals surface area contributed by atoms with E-state index in [9.17, 15) is 9.18 Å². The average molecular weight is 343 g/mol. The van der Waals surface area contributed by atoms with E-state index in [2.05, 4.69) is 4.98 Å². The molecule has 126 valence electrons. The van der Waals surface area contributed by atoms with E-state index in [1.807, 2.05) is 30.3 Å². The van der Waals surface area contributed by atoms with Crippen LogP contribution in [0, 0.1) is 5.82 Å². The normalized spacial score (nSPS) is 10.8. The number of carbonyl (C=O) groups is 1. The highest BCUT2D eigenvalue weighted by Crippen LogP contribution is 2.27. The maximum Gasteiger partial charge on any atom is 0.335 e. The van der Waals surface area contributed by atoms with Gasteiger partial charge in [0.1, 0.15) is 5.82 Å². The second-order valence-electron chi connectivity index (χ2n) is 6.02. The first-order chi connectivity index (χ1) is 12.6. The van der Waals surface area contributed by atoms with Crippen LogP contribution in [0.4, 0.5) is 4.39 Å². The number of hydrogen-bond donors (Lipinski definition) is 1. The van der Waals surface area contributed by atoms with Gasteiger partial charge in [-0.15, -0.1) is 0 Å². The van der Waals surface area contributed by atoms with Crippen LogP contribution in [0.5, 0.6) is 0 Å². The SMILES string of the molecule is O=C(O)c1ccc(-c2ccc3ncc(-c4cccc(F)c4)cc3c2)cc1. The summed E-state index contributed by atoms with van der Waals surface area (Å²) < 4.78 is 13.5. The van der Waals surface area contributed by atoms with Crippen LogP contribution in [-0.4, -0.2) is 16.1 Å². The smallest absolute Gasteiger partial charge is 0.335 e. The number of carboxylic acids is 1. The van der Waals surface area contributed by atoms with Crippen LogP contribution in [0.3, 0.4) is 0 Å². The van der Waals surface area contributed by atoms with Crippen LogP contribution < -0.4 is 0 Å². The summed E-state index contributed by atoms with van der Waals surface area (Å²) in [5.41, 5.74) is 4.60. The van der Waals surface area contributed by atoms with E-state index in [1.165, 1.54) is 12.1 Å². The Labute approximate surface area is 149 Å². The zero-order valence-electron chi connectivity index (χ0n) is 13.7. The Balaban J connectivity index is 1.77. The maximum absolute atomic E-state index is 13.5. The summed E-state index contributed by atoms with van der Waals surface area (Å²) in [6, 6.07) is 21.0. The molecule has 0 atom stereocenters. The Kier molecular flexibility index (Phi) is 3.93. The van der Waals surface area contributed by atoms with Crippen molar-refractivity contribution in [3.63, 3.8) is 0 Å². The molecule has 0 spiro atoms. The Bertz CT molecular complexity index is 1120. The summed E-state index contributed by atoms with van der Waals surface area (Å²) >= 11 is 0. The molecule has 0 aliphatic heterocycles. The fourth-order valence-corrected chi connectivity index (χ4v) is 2.94. The third-order valence-corrected chi connectivity index (χ3v) is 4.30. The average Bonchev–Trinajstić information content (AvgIpc) is 2.67. The van der Waals surface area contributed by atoms with Gasteiger partial charge in [-0.3, -0.25) is 4.98 Å². The van der Waals surface area contributed by atoms with Crippen molar-refractivity contribution in [2.45, 2.75) is 0 Å². The van der Waals surface area contributed by atoms with Crippen molar-refractivity contribution in [3.8, 4) is 22.3 Å². The van der Waals surface area contributed by atoms with Crippen molar-refractivity contribution < 1.29 is 14.3 Å². The van der Waals surface area contributed by atoms with Gasteiger partial charge < -0.3 is 5.11 Å². The molecular formula is C22H14FNO2. The summed E-state index contributed by atoms with van der Waals surface area (Å²) in [7, 11) is 0. The van der Waals surface area contributed by atoms with Gasteiger partial charge in [0, 0.05) is 17.1 Å². The molecule has 0 fully saturated rings. The molecule has 26 heavy (non-hydrogen) atoms. The van der Waals surface area contributed by atoms with Crippen LogP contribution in [-0.2, 0) is 0 Å². The van der Waals surface area contributed by atoms with Crippen LogP contribution >= 0.6 is 0 Å². The molecule has 0 amide bonds. The molecule has 1 heterocycles. The summed E-state index contributed by atoms with van der Waals surface area (Å²) in [5, 5.41) is 9.95. The third kappa shape index (κ3) is 3.05. The fraction of sp³-hybridized carbons (Fsp3) is 0. The van der Waals surface area contributed by atoms with Gasteiger partial charge in [-0.05, 0) is 59.2 Å². The molecule has 0 aliphatic rings. The van der Waals surface area contributed by atoms with E-state index in [0.29, 0.717) is 0 Å². The van der Waals surface area contributed by atoms with Gasteiger partial charge in [0.2, 0.25) is 0 Å². The predicted octanol–water partition coefficient (Wildman–Crippen LogP) is 5.41. The highest BCUT2D eigenvalue weighted by molar-refractivity contribution is 5.90. The molecule has 4 aromatic rings. The minimum atomic E-state index is -0.945. The zero-order valence-corrected chi connectivity index (χ0v) is 13.7. The van der Waals surface area contributed by atoms with E-state index in [0.717, 1.165) is 33.2 Å². The molecule has 1 aromatic heterocycles. The molecule has 0 bridgehead atoms. The lowest BCUT2D eigenvalue weighted by Crippen LogP contribution is -1.94. The number of benzene rings is 3. The molecule has 0 aliphatic carbocycles. The lowest BCUT2D eigenvalue weighted by molar-refractivity contribution is 0.0697. The minimum absolute atomic E-state index is 0.254. The van der Waals surface area contributed by atoms with Crippen molar-refractivity contribution in [2.75, 3.05) is 0 Å². The Morgan fingerprint density at radius 1 is 0.808 bits per heavy atom. The van der Waals surface area contributed by atoms with Crippen LogP contribution in [0.1, 0.15) is 10.4 Å². The van der Waals surface area contributed by atoms with Gasteiger partial charge >= 0.3 is 5.97 Å². The molecule has 0 saturated carbocycles. The molecule has 0 radical (unpaired) electrons. The number of pyridine rings is 1. The van der Waals surface area contributed by atoms with Crippen LogP contribution in [0.15, 0.2) is 79.0 Å². The van der Waals surface area contributed by atoms with Gasteiger partial charge in [-0.25, -0.2) is 9.18 Å². The number of fused-ring (bicyclic) bond motifs is 1. The maximum atomic E-state index is 13.5. The predicted molar refractivity (Wildman–Crippen MR) is 99.5 cm³/mol. The number of rotatable bonds is 3. The first-order valence-corrected chi connectivity index (χ1v) is 8.10. The van der Waals surface area contributed by atoms with Crippen molar-refractivity contribution in [3.05, 3.63) is 90.4 Å². The lowest BCUT2D eigenvalue weighted by Gasteiger charge is -2.07. The Hall–Kier alpha value is -3.53. The second-order valence-corrected chi connectivity index (χ2v) is 6.02. The number of halogens is 1. The van der Waals surface area contributed by atoms with Gasteiger partial charge in [0.15, 0.2) is 0 Å². The molecule has 4 rings (SSSR count). The second kappa shape index (κ2) is 6.41. The van der Waals surface area contributed by atoms with Gasteiger partial charge in [0.05, 0.1) is 11.1 Å².